The van der Waals surface area contributed by atoms with E-state index in [0.29, 0.717) is 6.54 Å². The van der Waals surface area contributed by atoms with Crippen LogP contribution in [0.1, 0.15) is 24.0 Å². The molecule has 0 amide bonds. The molecule has 2 aromatic carbocycles. The Bertz CT molecular complexity index is 948. The zero-order valence-corrected chi connectivity index (χ0v) is 19.1. The van der Waals surface area contributed by atoms with Crippen LogP contribution in [0.2, 0.25) is 5.02 Å². The van der Waals surface area contributed by atoms with Gasteiger partial charge in [0.25, 0.3) is 0 Å². The van der Waals surface area contributed by atoms with Crippen molar-refractivity contribution in [2.45, 2.75) is 25.8 Å². The predicted molar refractivity (Wildman–Crippen MR) is 127 cm³/mol. The number of ether oxygens (including phenoxy) is 1. The lowest BCUT2D eigenvalue weighted by molar-refractivity contribution is 0.0449. The quantitative estimate of drug-likeness (QED) is 0.759. The largest absolute Gasteiger partial charge is 0.381 e. The maximum atomic E-state index is 6.17. The van der Waals surface area contributed by atoms with Gasteiger partial charge in [0, 0.05) is 57.5 Å². The lowest BCUT2D eigenvalue weighted by atomic mass is 9.71. The number of rotatable bonds is 4. The second-order valence-corrected chi connectivity index (χ2v) is 9.21. The molecule has 2 aromatic rings. The Labute approximate surface area is 184 Å². The van der Waals surface area contributed by atoms with Crippen LogP contribution in [0, 0.1) is 5.41 Å². The summed E-state index contributed by atoms with van der Waals surface area (Å²) in [5.41, 5.74) is 6.08. The first-order valence-electron chi connectivity index (χ1n) is 10.5. The van der Waals surface area contributed by atoms with Crippen molar-refractivity contribution in [3.63, 3.8) is 0 Å². The summed E-state index contributed by atoms with van der Waals surface area (Å²) in [6, 6.07) is 12.5. The number of halogens is 1. The number of fused-ring (bicyclic) bond motifs is 1. The van der Waals surface area contributed by atoms with Crippen molar-refractivity contribution in [3.8, 4) is 0 Å². The third-order valence-corrected chi connectivity index (χ3v) is 6.44. The number of benzene rings is 2. The van der Waals surface area contributed by atoms with Gasteiger partial charge in [-0.3, -0.25) is 4.99 Å². The van der Waals surface area contributed by atoms with E-state index in [-0.39, 0.29) is 5.41 Å². The monoisotopic (exact) mass is 426 g/mol. The first-order valence-corrected chi connectivity index (χ1v) is 10.9. The molecule has 0 aliphatic carbocycles. The minimum Gasteiger partial charge on any atom is -0.381 e. The predicted octanol–water partition coefficient (Wildman–Crippen LogP) is 4.84. The molecule has 2 aliphatic heterocycles. The van der Waals surface area contributed by atoms with E-state index in [4.69, 9.17) is 21.3 Å². The Morgan fingerprint density at radius 2 is 1.73 bits per heavy atom. The van der Waals surface area contributed by atoms with Gasteiger partial charge in [0.05, 0.1) is 17.9 Å². The Morgan fingerprint density at radius 3 is 2.40 bits per heavy atom. The van der Waals surface area contributed by atoms with E-state index in [0.717, 1.165) is 54.6 Å². The molecule has 1 N–H and O–H groups in total. The molecule has 1 spiro atoms. The molecule has 2 aliphatic rings. The number of anilines is 3. The summed E-state index contributed by atoms with van der Waals surface area (Å²) < 4.78 is 5.71. The van der Waals surface area contributed by atoms with Gasteiger partial charge in [-0.1, -0.05) is 23.7 Å². The molecule has 0 unspecified atom stereocenters. The molecule has 6 heteroatoms. The molecule has 2 heterocycles. The van der Waals surface area contributed by atoms with Crippen molar-refractivity contribution >= 4 is 34.5 Å². The first kappa shape index (κ1) is 21.0. The van der Waals surface area contributed by atoms with Crippen molar-refractivity contribution in [3.05, 3.63) is 52.5 Å². The van der Waals surface area contributed by atoms with Crippen LogP contribution >= 0.6 is 11.6 Å². The molecular weight excluding hydrogens is 396 g/mol. The summed E-state index contributed by atoms with van der Waals surface area (Å²) in [4.78, 5) is 9.42. The van der Waals surface area contributed by atoms with Gasteiger partial charge in [0.2, 0.25) is 0 Å². The minimum absolute atomic E-state index is 0.00699. The first-order chi connectivity index (χ1) is 14.4. The molecule has 30 heavy (non-hydrogen) atoms. The van der Waals surface area contributed by atoms with Crippen molar-refractivity contribution in [2.75, 3.05) is 56.5 Å². The summed E-state index contributed by atoms with van der Waals surface area (Å²) >= 11 is 6.17. The molecule has 0 radical (unpaired) electrons. The summed E-state index contributed by atoms with van der Waals surface area (Å²) in [5.74, 6) is 1.08. The Balaban J connectivity index is 1.73. The van der Waals surface area contributed by atoms with Crippen LogP contribution < -0.4 is 15.1 Å². The smallest absolute Gasteiger partial charge is 0.108 e. The average molecular weight is 427 g/mol. The van der Waals surface area contributed by atoms with Crippen LogP contribution in [0.4, 0.5) is 17.1 Å². The van der Waals surface area contributed by atoms with Crippen LogP contribution in [-0.4, -0.2) is 47.2 Å². The number of amidine groups is 1. The highest BCUT2D eigenvalue weighted by Crippen LogP contribution is 2.45. The highest BCUT2D eigenvalue weighted by molar-refractivity contribution is 6.30. The van der Waals surface area contributed by atoms with E-state index in [1.807, 2.05) is 18.2 Å². The van der Waals surface area contributed by atoms with E-state index in [1.165, 1.54) is 16.9 Å². The summed E-state index contributed by atoms with van der Waals surface area (Å²) in [7, 11) is 8.39. The number of nitrogens with one attached hydrogen (secondary N) is 1. The van der Waals surface area contributed by atoms with Crippen LogP contribution in [-0.2, 0) is 17.7 Å². The molecule has 160 valence electrons. The summed E-state index contributed by atoms with van der Waals surface area (Å²) in [6.45, 7) is 2.18. The highest BCUT2D eigenvalue weighted by atomic mass is 35.5. The standard InChI is InChI=1S/C24H31ClN4O/c1-28(2)21-13-18-15-24(8-10-30-11-9-24)23(27-20(18)14-22(21)29(3)4)26-16-17-6-5-7-19(25)12-17/h5-7,12-14H,8-11,15-16H2,1-4H3,(H,26,27). The van der Waals surface area contributed by atoms with Crippen LogP contribution in [0.3, 0.4) is 0 Å². The molecule has 5 nitrogen and oxygen atoms in total. The third kappa shape index (κ3) is 4.14. The van der Waals surface area contributed by atoms with Gasteiger partial charge in [0.15, 0.2) is 0 Å². The van der Waals surface area contributed by atoms with E-state index in [1.54, 1.807) is 0 Å². The zero-order valence-electron chi connectivity index (χ0n) is 18.3. The van der Waals surface area contributed by atoms with E-state index >= 15 is 0 Å². The van der Waals surface area contributed by atoms with Crippen molar-refractivity contribution < 1.29 is 4.74 Å². The molecule has 0 aromatic heterocycles. The second kappa shape index (κ2) is 8.48. The molecule has 0 atom stereocenters. The van der Waals surface area contributed by atoms with Gasteiger partial charge in [-0.15, -0.1) is 0 Å². The maximum Gasteiger partial charge on any atom is 0.108 e. The van der Waals surface area contributed by atoms with Gasteiger partial charge in [-0.2, -0.15) is 0 Å². The normalized spacial score (nSPS) is 18.8. The topological polar surface area (TPSA) is 40.1 Å². The van der Waals surface area contributed by atoms with Gasteiger partial charge in [-0.25, -0.2) is 0 Å². The number of hydrogen-bond acceptors (Lipinski definition) is 4. The maximum absolute atomic E-state index is 6.17. The van der Waals surface area contributed by atoms with Crippen molar-refractivity contribution in [1.82, 2.24) is 0 Å². The van der Waals surface area contributed by atoms with Crippen LogP contribution in [0.5, 0.6) is 0 Å². The third-order valence-electron chi connectivity index (χ3n) is 6.21. The Kier molecular flexibility index (Phi) is 5.94. The van der Waals surface area contributed by atoms with Gasteiger partial charge >= 0.3 is 0 Å². The molecule has 1 saturated heterocycles. The fraction of sp³-hybridized carbons (Fsp3) is 0.458. The Morgan fingerprint density at radius 1 is 1.03 bits per heavy atom. The lowest BCUT2D eigenvalue weighted by Gasteiger charge is -2.43. The fourth-order valence-corrected chi connectivity index (χ4v) is 4.71. The van der Waals surface area contributed by atoms with Crippen LogP contribution in [0.15, 0.2) is 41.4 Å². The van der Waals surface area contributed by atoms with E-state index < -0.39 is 0 Å². The van der Waals surface area contributed by atoms with E-state index in [2.05, 4.69) is 61.5 Å². The summed E-state index contributed by atoms with van der Waals surface area (Å²) in [6.07, 6.45) is 2.96. The SMILES string of the molecule is CN(C)c1cc2c(cc1N(C)C)NC(=NCc1cccc(Cl)c1)C1(CCOCC1)C2. The van der Waals surface area contributed by atoms with Crippen LogP contribution in [0.25, 0.3) is 0 Å². The Hall–Kier alpha value is -2.24. The number of aliphatic imine (C=N–C) groups is 1. The minimum atomic E-state index is 0.00699. The summed E-state index contributed by atoms with van der Waals surface area (Å²) in [5, 5.41) is 4.47. The van der Waals surface area contributed by atoms with Gasteiger partial charge < -0.3 is 19.9 Å². The fourth-order valence-electron chi connectivity index (χ4n) is 4.50. The number of nitrogens with zero attached hydrogens (tertiary/aromatic N) is 3. The highest BCUT2D eigenvalue weighted by Gasteiger charge is 2.42. The average Bonchev–Trinajstić information content (AvgIpc) is 2.72. The van der Waals surface area contributed by atoms with Gasteiger partial charge in [-0.05, 0) is 54.7 Å². The second-order valence-electron chi connectivity index (χ2n) is 8.78. The number of hydrogen-bond donors (Lipinski definition) is 1. The molecular formula is C24H31ClN4O. The molecule has 0 saturated carbocycles. The van der Waals surface area contributed by atoms with E-state index in [9.17, 15) is 0 Å². The molecule has 4 rings (SSSR count). The zero-order chi connectivity index (χ0) is 21.3. The van der Waals surface area contributed by atoms with Crippen molar-refractivity contribution in [2.24, 2.45) is 10.4 Å². The van der Waals surface area contributed by atoms with Crippen molar-refractivity contribution in [1.29, 1.82) is 0 Å². The lowest BCUT2D eigenvalue weighted by Crippen LogP contribution is -2.46. The molecule has 1 fully saturated rings. The molecule has 0 bridgehead atoms. The van der Waals surface area contributed by atoms with Gasteiger partial charge in [0.1, 0.15) is 5.84 Å².